The number of benzene rings is 2. The van der Waals surface area contributed by atoms with Gasteiger partial charge in [-0.25, -0.2) is 9.97 Å². The van der Waals surface area contributed by atoms with Crippen molar-refractivity contribution >= 4 is 23.1 Å². The van der Waals surface area contributed by atoms with Gasteiger partial charge in [0.05, 0.1) is 17.6 Å². The summed E-state index contributed by atoms with van der Waals surface area (Å²) in [7, 11) is 0. The minimum absolute atomic E-state index is 0.610. The first-order chi connectivity index (χ1) is 12.3. The molecule has 0 bridgehead atoms. The molecule has 25 heavy (non-hydrogen) atoms. The Hall–Kier alpha value is -2.68. The summed E-state index contributed by atoms with van der Waals surface area (Å²) in [4.78, 5) is 12.5. The van der Waals surface area contributed by atoms with E-state index in [9.17, 15) is 0 Å². The molecule has 0 aliphatic heterocycles. The van der Waals surface area contributed by atoms with Crippen LogP contribution in [0, 0.1) is 0 Å². The minimum atomic E-state index is 0.610. The lowest BCUT2D eigenvalue weighted by atomic mass is 10.0. The molecule has 0 unspecified atom stereocenters. The first-order valence-electron chi connectivity index (χ1n) is 8.40. The molecule has 0 aliphatic rings. The second kappa shape index (κ2) is 8.43. The Kier molecular flexibility index (Phi) is 5.78. The number of aliphatic imine (C=N–C) groups is 1. The lowest BCUT2D eigenvalue weighted by Crippen LogP contribution is -1.88. The van der Waals surface area contributed by atoms with Gasteiger partial charge in [0.15, 0.2) is 5.82 Å². The molecule has 0 fully saturated rings. The zero-order valence-electron chi connectivity index (χ0n) is 14.1. The molecule has 1 heterocycles. The molecule has 0 amide bonds. The zero-order valence-corrected chi connectivity index (χ0v) is 15.0. The second-order valence-corrected chi connectivity index (χ2v) is 6.03. The van der Waals surface area contributed by atoms with Crippen molar-refractivity contribution in [1.82, 2.24) is 9.97 Å². The number of aromatic nitrogens is 2. The van der Waals surface area contributed by atoms with Gasteiger partial charge in [0, 0.05) is 5.56 Å². The molecule has 3 nitrogen and oxygen atoms in total. The van der Waals surface area contributed by atoms with Gasteiger partial charge in [-0.1, -0.05) is 61.9 Å². The number of unbranched alkanes of at least 4 members (excludes halogenated alkanes) is 1. The molecule has 124 valence electrons. The predicted octanol–water partition coefficient (Wildman–Crippen LogP) is 5.89. The number of aryl methyl sites for hydroxylation is 1. The quantitative estimate of drug-likeness (QED) is 0.413. The first kappa shape index (κ1) is 17.2. The largest absolute Gasteiger partial charge is 0.234 e. The summed E-state index contributed by atoms with van der Waals surface area (Å²) in [5.41, 5.74) is 5.39. The number of hydrogen-bond acceptors (Lipinski definition) is 4. The summed E-state index contributed by atoms with van der Waals surface area (Å²) in [5, 5.41) is 2.31. The molecule has 3 aromatic rings. The monoisotopic (exact) mass is 345 g/mol. The first-order valence-corrected chi connectivity index (χ1v) is 8.80. The number of isothiocyanates is 1. The SMILES string of the molecule is CCCCc1ccc(-c2ccc(-c3ncc(N=C=S)cn3)cc2)cc1. The fourth-order valence-corrected chi connectivity index (χ4v) is 2.74. The molecule has 1 aromatic heterocycles. The summed E-state index contributed by atoms with van der Waals surface area (Å²) >= 11 is 4.58. The van der Waals surface area contributed by atoms with E-state index in [0.29, 0.717) is 11.5 Å². The van der Waals surface area contributed by atoms with Crippen molar-refractivity contribution in [3.8, 4) is 22.5 Å². The van der Waals surface area contributed by atoms with Crippen LogP contribution in [0.25, 0.3) is 22.5 Å². The fraction of sp³-hybridized carbons (Fsp3) is 0.190. The Balaban J connectivity index is 1.76. The van der Waals surface area contributed by atoms with Gasteiger partial charge in [0.2, 0.25) is 0 Å². The van der Waals surface area contributed by atoms with Crippen molar-refractivity contribution in [2.75, 3.05) is 0 Å². The highest BCUT2D eigenvalue weighted by atomic mass is 32.1. The van der Waals surface area contributed by atoms with Crippen LogP contribution < -0.4 is 0 Å². The molecule has 4 heteroatoms. The lowest BCUT2D eigenvalue weighted by Gasteiger charge is -2.06. The number of thiocarbonyl (C=S) groups is 1. The van der Waals surface area contributed by atoms with Crippen molar-refractivity contribution in [3.63, 3.8) is 0 Å². The van der Waals surface area contributed by atoms with Crippen molar-refractivity contribution in [2.45, 2.75) is 26.2 Å². The van der Waals surface area contributed by atoms with Crippen LogP contribution >= 0.6 is 12.2 Å². The fourth-order valence-electron chi connectivity index (χ4n) is 2.64. The van der Waals surface area contributed by atoms with Crippen LogP contribution in [0.4, 0.5) is 5.69 Å². The second-order valence-electron chi connectivity index (χ2n) is 5.85. The van der Waals surface area contributed by atoms with Gasteiger partial charge in [0.1, 0.15) is 5.69 Å². The maximum atomic E-state index is 4.58. The molecule has 0 saturated carbocycles. The van der Waals surface area contributed by atoms with Gasteiger partial charge < -0.3 is 0 Å². The van der Waals surface area contributed by atoms with Gasteiger partial charge in [-0.05, 0) is 41.7 Å². The van der Waals surface area contributed by atoms with E-state index in [0.717, 1.165) is 12.0 Å². The Morgan fingerprint density at radius 2 is 1.44 bits per heavy atom. The minimum Gasteiger partial charge on any atom is -0.234 e. The summed E-state index contributed by atoms with van der Waals surface area (Å²) in [6, 6.07) is 17.1. The molecule has 0 atom stereocenters. The zero-order chi connectivity index (χ0) is 17.5. The molecule has 0 N–H and O–H groups in total. The third kappa shape index (κ3) is 4.44. The van der Waals surface area contributed by atoms with Crippen LogP contribution in [0.15, 0.2) is 65.9 Å². The summed E-state index contributed by atoms with van der Waals surface area (Å²) in [6.45, 7) is 2.22. The normalized spacial score (nSPS) is 10.3. The molecule has 0 spiro atoms. The van der Waals surface area contributed by atoms with Crippen molar-refractivity contribution in [3.05, 3.63) is 66.5 Å². The van der Waals surface area contributed by atoms with Gasteiger partial charge in [-0.15, -0.1) is 0 Å². The van der Waals surface area contributed by atoms with Gasteiger partial charge in [-0.2, -0.15) is 4.99 Å². The van der Waals surface area contributed by atoms with E-state index in [1.807, 2.05) is 12.1 Å². The Bertz CT molecular complexity index is 863. The van der Waals surface area contributed by atoms with Crippen LogP contribution in [0.3, 0.4) is 0 Å². The van der Waals surface area contributed by atoms with Crippen molar-refractivity contribution < 1.29 is 0 Å². The van der Waals surface area contributed by atoms with E-state index in [1.165, 1.54) is 29.5 Å². The van der Waals surface area contributed by atoms with Gasteiger partial charge in [0.25, 0.3) is 0 Å². The summed E-state index contributed by atoms with van der Waals surface area (Å²) < 4.78 is 0. The molecule has 3 rings (SSSR count). The highest BCUT2D eigenvalue weighted by Crippen LogP contribution is 2.24. The molecule has 2 aromatic carbocycles. The maximum absolute atomic E-state index is 4.58. The Morgan fingerprint density at radius 1 is 0.880 bits per heavy atom. The molecular formula is C21H19N3S. The number of hydrogen-bond donors (Lipinski definition) is 0. The van der Waals surface area contributed by atoms with Crippen LogP contribution in [0.1, 0.15) is 25.3 Å². The Labute approximate surface area is 153 Å². The van der Waals surface area contributed by atoms with Crippen LogP contribution in [-0.2, 0) is 6.42 Å². The molecule has 0 radical (unpaired) electrons. The number of nitrogens with zero attached hydrogens (tertiary/aromatic N) is 3. The molecular weight excluding hydrogens is 326 g/mol. The Morgan fingerprint density at radius 3 is 2.00 bits per heavy atom. The molecule has 0 aliphatic carbocycles. The van der Waals surface area contributed by atoms with Gasteiger partial charge in [-0.3, -0.25) is 0 Å². The smallest absolute Gasteiger partial charge is 0.159 e. The summed E-state index contributed by atoms with van der Waals surface area (Å²) in [5.74, 6) is 0.671. The lowest BCUT2D eigenvalue weighted by molar-refractivity contribution is 0.795. The van der Waals surface area contributed by atoms with E-state index in [2.05, 4.69) is 75.7 Å². The third-order valence-electron chi connectivity index (χ3n) is 4.06. The maximum Gasteiger partial charge on any atom is 0.159 e. The predicted molar refractivity (Wildman–Crippen MR) is 106 cm³/mol. The van der Waals surface area contributed by atoms with Crippen LogP contribution in [0.2, 0.25) is 0 Å². The molecule has 0 saturated heterocycles. The average molecular weight is 345 g/mol. The van der Waals surface area contributed by atoms with Crippen molar-refractivity contribution in [2.24, 2.45) is 4.99 Å². The highest BCUT2D eigenvalue weighted by Gasteiger charge is 2.03. The van der Waals surface area contributed by atoms with E-state index in [1.54, 1.807) is 12.4 Å². The highest BCUT2D eigenvalue weighted by molar-refractivity contribution is 7.78. The van der Waals surface area contributed by atoms with E-state index >= 15 is 0 Å². The third-order valence-corrected chi connectivity index (χ3v) is 4.15. The van der Waals surface area contributed by atoms with E-state index < -0.39 is 0 Å². The van der Waals surface area contributed by atoms with Crippen LogP contribution in [-0.4, -0.2) is 15.1 Å². The van der Waals surface area contributed by atoms with E-state index in [-0.39, 0.29) is 0 Å². The average Bonchev–Trinajstić information content (AvgIpc) is 2.68. The van der Waals surface area contributed by atoms with E-state index in [4.69, 9.17) is 0 Å². The van der Waals surface area contributed by atoms with Gasteiger partial charge >= 0.3 is 0 Å². The van der Waals surface area contributed by atoms with Crippen LogP contribution in [0.5, 0.6) is 0 Å². The topological polar surface area (TPSA) is 38.1 Å². The van der Waals surface area contributed by atoms with Crippen molar-refractivity contribution in [1.29, 1.82) is 0 Å². The summed E-state index contributed by atoms with van der Waals surface area (Å²) in [6.07, 6.45) is 6.90. The standard InChI is InChI=1S/C21H19N3S/c1-2-3-4-16-5-7-17(8-6-16)18-9-11-19(12-10-18)21-22-13-20(14-23-21)24-15-25/h5-14H,2-4H2,1H3. The number of rotatable bonds is 6.